The van der Waals surface area contributed by atoms with Crippen LogP contribution in [0.4, 0.5) is 21.9 Å². The Kier molecular flexibility index (Phi) is 7.91. The van der Waals surface area contributed by atoms with E-state index in [1.165, 1.54) is 0 Å². The lowest BCUT2D eigenvalue weighted by atomic mass is 10.1. The van der Waals surface area contributed by atoms with E-state index in [-0.39, 0.29) is 12.8 Å². The first-order chi connectivity index (χ1) is 18.5. The lowest BCUT2D eigenvalue weighted by molar-refractivity contribution is 0.169. The van der Waals surface area contributed by atoms with Gasteiger partial charge in [0.25, 0.3) is 5.88 Å². The van der Waals surface area contributed by atoms with Crippen molar-refractivity contribution in [3.63, 3.8) is 0 Å². The lowest BCUT2D eigenvalue weighted by Crippen LogP contribution is -2.27. The summed E-state index contributed by atoms with van der Waals surface area (Å²) in [5.74, 6) is 3.02. The fourth-order valence-electron chi connectivity index (χ4n) is 4.12. The summed E-state index contributed by atoms with van der Waals surface area (Å²) in [6.45, 7) is 3.49. The lowest BCUT2D eigenvalue weighted by Gasteiger charge is -2.23. The Hall–Kier alpha value is -3.88. The third-order valence-electron chi connectivity index (χ3n) is 5.95. The van der Waals surface area contributed by atoms with Gasteiger partial charge in [0.1, 0.15) is 5.75 Å². The summed E-state index contributed by atoms with van der Waals surface area (Å²) in [7, 11) is 0. The molecule has 1 aliphatic heterocycles. The van der Waals surface area contributed by atoms with Crippen LogP contribution < -0.4 is 29.7 Å². The highest BCUT2D eigenvalue weighted by Gasteiger charge is 2.24. The fraction of sp³-hybridized carbons (Fsp3) is 0.214. The van der Waals surface area contributed by atoms with E-state index in [9.17, 15) is 4.79 Å². The zero-order valence-corrected chi connectivity index (χ0v) is 22.2. The van der Waals surface area contributed by atoms with Crippen LogP contribution in [0.3, 0.4) is 0 Å². The van der Waals surface area contributed by atoms with Crippen molar-refractivity contribution in [3.8, 4) is 23.1 Å². The summed E-state index contributed by atoms with van der Waals surface area (Å²) in [5.41, 5.74) is 4.12. The molecule has 2 N–H and O–H groups in total. The van der Waals surface area contributed by atoms with E-state index in [0.29, 0.717) is 59.4 Å². The smallest absolute Gasteiger partial charge is 0.323 e. The van der Waals surface area contributed by atoms with Gasteiger partial charge in [-0.2, -0.15) is 0 Å². The highest BCUT2D eigenvalue weighted by atomic mass is 35.5. The zero-order chi connectivity index (χ0) is 26.5. The number of hydrogen-bond acceptors (Lipinski definition) is 6. The minimum Gasteiger partial charge on any atom is -0.453 e. The van der Waals surface area contributed by atoms with Gasteiger partial charge in [-0.15, -0.1) is 23.2 Å². The van der Waals surface area contributed by atoms with Crippen LogP contribution in [0.5, 0.6) is 23.1 Å². The van der Waals surface area contributed by atoms with Crippen LogP contribution in [-0.4, -0.2) is 42.7 Å². The number of halogens is 2. The van der Waals surface area contributed by atoms with Gasteiger partial charge in [-0.1, -0.05) is 6.07 Å². The minimum atomic E-state index is -0.358. The van der Waals surface area contributed by atoms with E-state index in [4.69, 9.17) is 37.4 Å². The number of pyridine rings is 1. The quantitative estimate of drug-likeness (QED) is 0.217. The number of rotatable bonds is 9. The van der Waals surface area contributed by atoms with Crippen molar-refractivity contribution in [1.82, 2.24) is 4.98 Å². The second kappa shape index (κ2) is 11.7. The molecule has 0 atom stereocenters. The molecule has 0 saturated heterocycles. The van der Waals surface area contributed by atoms with Gasteiger partial charge in [-0.05, 0) is 73.2 Å². The number of carbonyl (C=O) groups excluding carboxylic acids is 1. The molecule has 196 valence electrons. The topological polar surface area (TPSA) is 85.0 Å². The van der Waals surface area contributed by atoms with Crippen LogP contribution in [0.1, 0.15) is 5.56 Å². The molecule has 0 saturated carbocycles. The van der Waals surface area contributed by atoms with E-state index >= 15 is 0 Å². The van der Waals surface area contributed by atoms with Crippen molar-refractivity contribution in [2.45, 2.75) is 6.92 Å². The predicted molar refractivity (Wildman–Crippen MR) is 152 cm³/mol. The van der Waals surface area contributed by atoms with Gasteiger partial charge in [-0.25, -0.2) is 9.78 Å². The normalized spacial score (nSPS) is 11.9. The molecule has 0 radical (unpaired) electrons. The number of nitrogens with one attached hydrogen (secondary N) is 2. The van der Waals surface area contributed by atoms with Gasteiger partial charge in [0, 0.05) is 47.3 Å². The van der Waals surface area contributed by atoms with Crippen molar-refractivity contribution in [2.24, 2.45) is 0 Å². The third-order valence-corrected chi connectivity index (χ3v) is 6.29. The molecule has 8 nitrogen and oxygen atoms in total. The molecule has 5 rings (SSSR count). The Bertz CT molecular complexity index is 1430. The Labute approximate surface area is 230 Å². The fourth-order valence-corrected chi connectivity index (χ4v) is 4.53. The molecule has 10 heteroatoms. The molecular formula is C28H26Cl2N4O4. The molecule has 2 heterocycles. The number of anilines is 3. The number of benzene rings is 3. The average Bonchev–Trinajstić information content (AvgIpc) is 3.38. The van der Waals surface area contributed by atoms with Crippen LogP contribution in [0.15, 0.2) is 66.7 Å². The standard InChI is InChI=1S/C28H26Cl2N4O4/c1-18-2-11-23-24(16-18)33-27-26(36-17-37-27)25(23)38-22-9-5-20(6-10-22)32-28(35)31-19-3-7-21(8-4-19)34(14-12-29)15-13-30/h2-11,16H,12-15,17H2,1H3,(H2,31,32,35). The Morgan fingerprint density at radius 2 is 1.61 bits per heavy atom. The van der Waals surface area contributed by atoms with Crippen molar-refractivity contribution >= 4 is 57.2 Å². The number of amides is 2. The summed E-state index contributed by atoms with van der Waals surface area (Å²) in [6, 6.07) is 20.2. The first-order valence-electron chi connectivity index (χ1n) is 12.1. The molecule has 1 aliphatic rings. The minimum absolute atomic E-state index is 0.0911. The van der Waals surface area contributed by atoms with E-state index in [1.54, 1.807) is 24.3 Å². The molecule has 0 aliphatic carbocycles. The highest BCUT2D eigenvalue weighted by Crippen LogP contribution is 2.46. The van der Waals surface area contributed by atoms with Crippen molar-refractivity contribution in [2.75, 3.05) is 47.2 Å². The van der Waals surface area contributed by atoms with Crippen LogP contribution in [0.2, 0.25) is 0 Å². The van der Waals surface area contributed by atoms with Crippen LogP contribution in [0.25, 0.3) is 10.9 Å². The number of ether oxygens (including phenoxy) is 3. The molecule has 38 heavy (non-hydrogen) atoms. The van der Waals surface area contributed by atoms with E-state index in [0.717, 1.165) is 22.2 Å². The Morgan fingerprint density at radius 3 is 2.26 bits per heavy atom. The van der Waals surface area contributed by atoms with Gasteiger partial charge >= 0.3 is 6.03 Å². The molecule has 3 aromatic carbocycles. The monoisotopic (exact) mass is 552 g/mol. The number of aryl methyl sites for hydroxylation is 1. The number of alkyl halides is 2. The van der Waals surface area contributed by atoms with E-state index in [2.05, 4.69) is 20.5 Å². The maximum atomic E-state index is 12.5. The van der Waals surface area contributed by atoms with Crippen LogP contribution >= 0.6 is 23.2 Å². The molecule has 0 bridgehead atoms. The Morgan fingerprint density at radius 1 is 0.947 bits per heavy atom. The molecule has 2 amide bonds. The number of carbonyl (C=O) groups is 1. The summed E-state index contributed by atoms with van der Waals surface area (Å²) in [5, 5.41) is 6.49. The SMILES string of the molecule is Cc1ccc2c(Oc3ccc(NC(=O)Nc4ccc(N(CCCl)CCCl)cc4)cc3)c3c(nc2c1)OCO3. The number of urea groups is 1. The molecule has 0 spiro atoms. The van der Waals surface area contributed by atoms with E-state index < -0.39 is 0 Å². The van der Waals surface area contributed by atoms with Gasteiger partial charge < -0.3 is 29.7 Å². The number of aromatic nitrogens is 1. The van der Waals surface area contributed by atoms with E-state index in [1.807, 2.05) is 49.4 Å². The largest absolute Gasteiger partial charge is 0.453 e. The maximum Gasteiger partial charge on any atom is 0.323 e. The van der Waals surface area contributed by atoms with Crippen LogP contribution in [-0.2, 0) is 0 Å². The van der Waals surface area contributed by atoms with Crippen molar-refractivity contribution in [3.05, 3.63) is 72.3 Å². The second-order valence-corrected chi connectivity index (χ2v) is 9.38. The van der Waals surface area contributed by atoms with Gasteiger partial charge in [-0.3, -0.25) is 0 Å². The van der Waals surface area contributed by atoms with Gasteiger partial charge in [0.2, 0.25) is 12.5 Å². The number of hydrogen-bond donors (Lipinski definition) is 2. The number of nitrogens with zero attached hydrogens (tertiary/aromatic N) is 2. The van der Waals surface area contributed by atoms with Crippen molar-refractivity contribution < 1.29 is 19.0 Å². The van der Waals surface area contributed by atoms with Crippen molar-refractivity contribution in [1.29, 1.82) is 0 Å². The summed E-state index contributed by atoms with van der Waals surface area (Å²) in [6.07, 6.45) is 0. The average molecular weight is 553 g/mol. The molecular weight excluding hydrogens is 527 g/mol. The summed E-state index contributed by atoms with van der Waals surface area (Å²) >= 11 is 11.8. The van der Waals surface area contributed by atoms with Gasteiger partial charge in [0.15, 0.2) is 5.75 Å². The molecule has 0 unspecified atom stereocenters. The predicted octanol–water partition coefficient (Wildman–Crippen LogP) is 6.99. The summed E-state index contributed by atoms with van der Waals surface area (Å²) in [4.78, 5) is 19.2. The van der Waals surface area contributed by atoms with Crippen LogP contribution in [0, 0.1) is 6.92 Å². The summed E-state index contributed by atoms with van der Waals surface area (Å²) < 4.78 is 17.3. The molecule has 4 aromatic rings. The zero-order valence-electron chi connectivity index (χ0n) is 20.7. The number of fused-ring (bicyclic) bond motifs is 2. The molecule has 0 fully saturated rings. The van der Waals surface area contributed by atoms with Gasteiger partial charge in [0.05, 0.1) is 5.52 Å². The first kappa shape index (κ1) is 25.8. The second-order valence-electron chi connectivity index (χ2n) is 8.62. The maximum absolute atomic E-state index is 12.5. The highest BCUT2D eigenvalue weighted by molar-refractivity contribution is 6.18. The Balaban J connectivity index is 1.24. The third kappa shape index (κ3) is 5.82. The first-order valence-corrected chi connectivity index (χ1v) is 13.1. The molecule has 1 aromatic heterocycles.